The molecule has 0 spiro atoms. The Hall–Kier alpha value is -1.13. The molecule has 0 radical (unpaired) electrons. The predicted molar refractivity (Wildman–Crippen MR) is 63.3 cm³/mol. The van der Waals surface area contributed by atoms with E-state index < -0.39 is 5.97 Å². The van der Waals surface area contributed by atoms with Gasteiger partial charge in [-0.2, -0.15) is 0 Å². The van der Waals surface area contributed by atoms with Gasteiger partial charge in [-0.25, -0.2) is 4.39 Å². The molecule has 17 heavy (non-hydrogen) atoms. The predicted octanol–water partition coefficient (Wildman–Crippen LogP) is 3.34. The highest BCUT2D eigenvalue weighted by molar-refractivity contribution is 5.22. The Kier molecular flexibility index (Phi) is 5.38. The molecule has 3 nitrogen and oxygen atoms in total. The fraction of sp³-hybridized carbons (Fsp3) is 0.538. The summed E-state index contributed by atoms with van der Waals surface area (Å²) >= 11 is 0. The first-order valence-corrected chi connectivity index (χ1v) is 5.88. The number of ether oxygens (including phenoxy) is 3. The second-order valence-corrected chi connectivity index (χ2v) is 3.46. The van der Waals surface area contributed by atoms with Crippen molar-refractivity contribution in [1.82, 2.24) is 0 Å². The van der Waals surface area contributed by atoms with Crippen molar-refractivity contribution in [3.63, 3.8) is 0 Å². The SMILES string of the molecule is CCOC(CC)(OCC)Oc1ccc(F)cc1. The van der Waals surface area contributed by atoms with Gasteiger partial charge in [-0.1, -0.05) is 6.92 Å². The minimum atomic E-state index is -1.08. The summed E-state index contributed by atoms with van der Waals surface area (Å²) in [4.78, 5) is 0. The first-order chi connectivity index (χ1) is 8.15. The van der Waals surface area contributed by atoms with Gasteiger partial charge in [0.05, 0.1) is 13.2 Å². The number of benzene rings is 1. The van der Waals surface area contributed by atoms with Gasteiger partial charge in [0.2, 0.25) is 0 Å². The van der Waals surface area contributed by atoms with Crippen LogP contribution in [-0.4, -0.2) is 19.2 Å². The Labute approximate surface area is 101 Å². The van der Waals surface area contributed by atoms with Crippen molar-refractivity contribution in [2.75, 3.05) is 13.2 Å². The van der Waals surface area contributed by atoms with Gasteiger partial charge in [0, 0.05) is 6.42 Å². The molecule has 0 bridgehead atoms. The summed E-state index contributed by atoms with van der Waals surface area (Å²) in [6.07, 6.45) is 0.548. The molecular formula is C13H19FO3. The fourth-order valence-corrected chi connectivity index (χ4v) is 1.50. The lowest BCUT2D eigenvalue weighted by Crippen LogP contribution is -2.41. The quantitative estimate of drug-likeness (QED) is 0.686. The largest absolute Gasteiger partial charge is 0.439 e. The van der Waals surface area contributed by atoms with Gasteiger partial charge >= 0.3 is 5.97 Å². The van der Waals surface area contributed by atoms with E-state index in [4.69, 9.17) is 14.2 Å². The van der Waals surface area contributed by atoms with E-state index >= 15 is 0 Å². The highest BCUT2D eigenvalue weighted by Crippen LogP contribution is 2.24. The molecule has 0 heterocycles. The van der Waals surface area contributed by atoms with Crippen molar-refractivity contribution in [3.05, 3.63) is 30.1 Å². The van der Waals surface area contributed by atoms with E-state index in [0.29, 0.717) is 25.4 Å². The van der Waals surface area contributed by atoms with E-state index in [1.807, 2.05) is 20.8 Å². The zero-order chi connectivity index (χ0) is 12.7. The third-order valence-electron chi connectivity index (χ3n) is 2.25. The Bertz CT molecular complexity index is 318. The topological polar surface area (TPSA) is 27.7 Å². The molecule has 4 heteroatoms. The Morgan fingerprint density at radius 3 is 1.94 bits per heavy atom. The maximum absolute atomic E-state index is 12.8. The lowest BCUT2D eigenvalue weighted by molar-refractivity contribution is -0.341. The second-order valence-electron chi connectivity index (χ2n) is 3.46. The van der Waals surface area contributed by atoms with Crippen LogP contribution in [0.15, 0.2) is 24.3 Å². The van der Waals surface area contributed by atoms with Gasteiger partial charge in [-0.3, -0.25) is 0 Å². The smallest absolute Gasteiger partial charge is 0.326 e. The second kappa shape index (κ2) is 6.57. The van der Waals surface area contributed by atoms with Crippen molar-refractivity contribution >= 4 is 0 Å². The van der Waals surface area contributed by atoms with Crippen molar-refractivity contribution in [1.29, 1.82) is 0 Å². The molecule has 0 unspecified atom stereocenters. The lowest BCUT2D eigenvalue weighted by Gasteiger charge is -2.32. The minimum Gasteiger partial charge on any atom is -0.439 e. The molecule has 0 aliphatic heterocycles. The van der Waals surface area contributed by atoms with Crippen LogP contribution in [0.4, 0.5) is 4.39 Å². The van der Waals surface area contributed by atoms with Crippen LogP contribution in [0.5, 0.6) is 5.75 Å². The summed E-state index contributed by atoms with van der Waals surface area (Å²) in [7, 11) is 0. The number of rotatable bonds is 7. The Balaban J connectivity index is 2.80. The van der Waals surface area contributed by atoms with Crippen molar-refractivity contribution in [2.24, 2.45) is 0 Å². The normalized spacial score (nSPS) is 11.5. The average Bonchev–Trinajstić information content (AvgIpc) is 2.33. The van der Waals surface area contributed by atoms with Crippen LogP contribution in [0, 0.1) is 5.82 Å². The van der Waals surface area contributed by atoms with Crippen molar-refractivity contribution < 1.29 is 18.6 Å². The molecule has 1 aromatic carbocycles. The van der Waals surface area contributed by atoms with Gasteiger partial charge in [0.15, 0.2) is 0 Å². The highest BCUT2D eigenvalue weighted by Gasteiger charge is 2.32. The zero-order valence-electron chi connectivity index (χ0n) is 10.5. The van der Waals surface area contributed by atoms with Crippen LogP contribution in [-0.2, 0) is 9.47 Å². The molecule has 0 amide bonds. The van der Waals surface area contributed by atoms with Crippen molar-refractivity contribution in [2.45, 2.75) is 33.2 Å². The minimum absolute atomic E-state index is 0.299. The monoisotopic (exact) mass is 242 g/mol. The molecule has 0 saturated heterocycles. The standard InChI is InChI=1S/C13H19FO3/c1-4-13(15-5-2,16-6-3)17-12-9-7-11(14)8-10-12/h7-10H,4-6H2,1-3H3. The van der Waals surface area contributed by atoms with Gasteiger partial charge < -0.3 is 14.2 Å². The molecule has 1 rings (SSSR count). The van der Waals surface area contributed by atoms with Gasteiger partial charge in [0.1, 0.15) is 11.6 Å². The fourth-order valence-electron chi connectivity index (χ4n) is 1.50. The van der Waals surface area contributed by atoms with Crippen LogP contribution in [0.2, 0.25) is 0 Å². The number of hydrogen-bond acceptors (Lipinski definition) is 3. The van der Waals surface area contributed by atoms with E-state index in [9.17, 15) is 4.39 Å². The molecule has 0 N–H and O–H groups in total. The third kappa shape index (κ3) is 3.98. The van der Waals surface area contributed by atoms with Crippen molar-refractivity contribution in [3.8, 4) is 5.75 Å². The van der Waals surface area contributed by atoms with E-state index in [-0.39, 0.29) is 5.82 Å². The number of halogens is 1. The van der Waals surface area contributed by atoms with E-state index in [0.717, 1.165) is 0 Å². The summed E-state index contributed by atoms with van der Waals surface area (Å²) in [5.74, 6) is -0.858. The molecule has 0 aliphatic carbocycles. The summed E-state index contributed by atoms with van der Waals surface area (Å²) in [5.41, 5.74) is 0. The first-order valence-electron chi connectivity index (χ1n) is 5.88. The molecule has 96 valence electrons. The van der Waals surface area contributed by atoms with Crippen LogP contribution in [0.25, 0.3) is 0 Å². The maximum Gasteiger partial charge on any atom is 0.326 e. The van der Waals surface area contributed by atoms with E-state index in [1.165, 1.54) is 12.1 Å². The molecule has 0 fully saturated rings. The average molecular weight is 242 g/mol. The molecule has 1 aromatic rings. The Morgan fingerprint density at radius 2 is 1.53 bits per heavy atom. The Morgan fingerprint density at radius 1 is 1.00 bits per heavy atom. The van der Waals surface area contributed by atoms with E-state index in [1.54, 1.807) is 12.1 Å². The van der Waals surface area contributed by atoms with Gasteiger partial charge in [-0.05, 0) is 38.1 Å². The molecule has 0 aliphatic rings. The summed E-state index contributed by atoms with van der Waals surface area (Å²) in [5, 5.41) is 0. The summed E-state index contributed by atoms with van der Waals surface area (Å²) in [6.45, 7) is 6.62. The van der Waals surface area contributed by atoms with Crippen LogP contribution in [0.3, 0.4) is 0 Å². The molecule has 0 saturated carbocycles. The first kappa shape index (κ1) is 13.9. The van der Waals surface area contributed by atoms with Crippen LogP contribution >= 0.6 is 0 Å². The molecule has 0 aromatic heterocycles. The van der Waals surface area contributed by atoms with Gasteiger partial charge in [-0.15, -0.1) is 0 Å². The van der Waals surface area contributed by atoms with Gasteiger partial charge in [0.25, 0.3) is 0 Å². The third-order valence-corrected chi connectivity index (χ3v) is 2.25. The maximum atomic E-state index is 12.8. The van der Waals surface area contributed by atoms with Crippen LogP contribution < -0.4 is 4.74 Å². The number of hydrogen-bond donors (Lipinski definition) is 0. The molecule has 0 atom stereocenters. The summed E-state index contributed by atoms with van der Waals surface area (Å²) < 4.78 is 29.5. The molecular weight excluding hydrogens is 223 g/mol. The highest BCUT2D eigenvalue weighted by atomic mass is 19.1. The van der Waals surface area contributed by atoms with E-state index in [2.05, 4.69) is 0 Å². The summed E-state index contributed by atoms with van der Waals surface area (Å²) in [6, 6.07) is 5.79. The lowest BCUT2D eigenvalue weighted by atomic mass is 10.3. The van der Waals surface area contributed by atoms with Crippen LogP contribution in [0.1, 0.15) is 27.2 Å². The zero-order valence-corrected chi connectivity index (χ0v) is 10.5.